The number of nitrogens with zero attached hydrogens (tertiary/aromatic N) is 1. The van der Waals surface area contributed by atoms with E-state index >= 15 is 0 Å². The van der Waals surface area contributed by atoms with Crippen molar-refractivity contribution in [1.29, 1.82) is 0 Å². The number of ether oxygens (including phenoxy) is 5. The number of aryl methyl sites for hydroxylation is 3. The molecule has 0 aliphatic carbocycles. The summed E-state index contributed by atoms with van der Waals surface area (Å²) in [5.41, 5.74) is 10.0. The van der Waals surface area contributed by atoms with Gasteiger partial charge in [0.25, 0.3) is 0 Å². The molecule has 4 N–H and O–H groups in total. The molecule has 0 amide bonds. The summed E-state index contributed by atoms with van der Waals surface area (Å²) in [6.45, 7) is 13.9. The summed E-state index contributed by atoms with van der Waals surface area (Å²) in [4.78, 5) is 5.79. The highest BCUT2D eigenvalue weighted by Gasteiger charge is 2.05. The Morgan fingerprint density at radius 3 is 1.86 bits per heavy atom. The second-order valence-electron chi connectivity index (χ2n) is 7.93. The molecule has 0 radical (unpaired) electrons. The van der Waals surface area contributed by atoms with Crippen LogP contribution in [0.25, 0.3) is 0 Å². The van der Waals surface area contributed by atoms with Crippen LogP contribution in [0.5, 0.6) is 0 Å². The lowest BCUT2D eigenvalue weighted by Gasteiger charge is -2.12. The van der Waals surface area contributed by atoms with Crippen molar-refractivity contribution >= 4 is 22.2 Å². The molecular formula is C25H42N4O5S. The molecule has 0 saturated carbocycles. The molecule has 0 spiro atoms. The molecular weight excluding hydrogens is 468 g/mol. The zero-order valence-electron chi connectivity index (χ0n) is 21.4. The van der Waals surface area contributed by atoms with Gasteiger partial charge in [-0.3, -0.25) is 0 Å². The molecule has 1 heterocycles. The Morgan fingerprint density at radius 2 is 1.34 bits per heavy atom. The first-order valence-corrected chi connectivity index (χ1v) is 13.0. The van der Waals surface area contributed by atoms with Crippen LogP contribution in [0, 0.1) is 20.8 Å². The van der Waals surface area contributed by atoms with E-state index in [1.807, 2.05) is 6.92 Å². The summed E-state index contributed by atoms with van der Waals surface area (Å²) in [6, 6.07) is 6.42. The first kappa shape index (κ1) is 29.4. The Balaban J connectivity index is 1.41. The van der Waals surface area contributed by atoms with Gasteiger partial charge in [0.1, 0.15) is 0 Å². The number of benzene rings is 1. The zero-order valence-corrected chi connectivity index (χ0v) is 22.2. The van der Waals surface area contributed by atoms with Crippen LogP contribution >= 0.6 is 11.3 Å². The number of nitrogens with two attached hydrogens (primary N) is 1. The normalized spacial score (nSPS) is 11.2. The molecule has 1 aromatic heterocycles. The molecule has 10 heteroatoms. The minimum Gasteiger partial charge on any atom is -0.383 e. The Kier molecular flexibility index (Phi) is 15.5. The predicted molar refractivity (Wildman–Crippen MR) is 142 cm³/mol. The Hall–Kier alpha value is -1.79. The van der Waals surface area contributed by atoms with Gasteiger partial charge in [0.15, 0.2) is 5.13 Å². The fourth-order valence-corrected chi connectivity index (χ4v) is 3.87. The van der Waals surface area contributed by atoms with Crippen LogP contribution in [0.15, 0.2) is 18.2 Å². The van der Waals surface area contributed by atoms with Crippen molar-refractivity contribution in [2.75, 3.05) is 89.8 Å². The summed E-state index contributed by atoms with van der Waals surface area (Å²) < 4.78 is 27.2. The number of anilines is 2. The number of hydrogen-bond acceptors (Lipinski definition) is 10. The number of nitrogens with one attached hydrogen (secondary N) is 2. The van der Waals surface area contributed by atoms with Gasteiger partial charge in [0.2, 0.25) is 0 Å². The van der Waals surface area contributed by atoms with E-state index in [0.717, 1.165) is 29.6 Å². The van der Waals surface area contributed by atoms with Gasteiger partial charge < -0.3 is 40.1 Å². The first-order chi connectivity index (χ1) is 17.1. The fourth-order valence-electron chi connectivity index (χ4n) is 3.06. The van der Waals surface area contributed by atoms with Gasteiger partial charge in [0, 0.05) is 30.2 Å². The van der Waals surface area contributed by atoms with Crippen molar-refractivity contribution in [1.82, 2.24) is 4.98 Å². The maximum absolute atomic E-state index is 5.62. The third kappa shape index (κ3) is 13.2. The molecule has 2 aromatic rings. The second-order valence-corrected chi connectivity index (χ2v) is 9.14. The molecule has 0 atom stereocenters. The summed E-state index contributed by atoms with van der Waals surface area (Å²) in [5.74, 6) is 0. The van der Waals surface area contributed by atoms with E-state index in [4.69, 9.17) is 29.4 Å². The average molecular weight is 511 g/mol. The van der Waals surface area contributed by atoms with E-state index < -0.39 is 0 Å². The molecule has 0 saturated heterocycles. The summed E-state index contributed by atoms with van der Waals surface area (Å²) in [7, 11) is 0. The molecule has 35 heavy (non-hydrogen) atoms. The molecule has 1 aromatic carbocycles. The highest BCUT2D eigenvalue weighted by atomic mass is 32.1. The standard InChI is InChI=1S/C25H42N4O5S/c1-20-18-24(5-4-23(20)19-28-25-29-21(2)22(3)35-25)27-7-9-31-11-13-33-15-17-34-16-14-32-12-10-30-8-6-26/h4-5,18,27H,6-17,19,26H2,1-3H3,(H,28,29). The lowest BCUT2D eigenvalue weighted by atomic mass is 10.1. The van der Waals surface area contributed by atoms with E-state index in [2.05, 4.69) is 47.7 Å². The summed E-state index contributed by atoms with van der Waals surface area (Å²) in [5, 5.41) is 7.80. The Bertz CT molecular complexity index is 802. The van der Waals surface area contributed by atoms with Gasteiger partial charge in [-0.05, 0) is 44.0 Å². The minimum absolute atomic E-state index is 0.534. The number of hydrogen-bond donors (Lipinski definition) is 3. The van der Waals surface area contributed by atoms with E-state index in [-0.39, 0.29) is 0 Å². The van der Waals surface area contributed by atoms with Crippen LogP contribution in [-0.4, -0.2) is 84.1 Å². The Morgan fingerprint density at radius 1 is 0.771 bits per heavy atom. The topological polar surface area (TPSA) is 109 Å². The Labute approximate surface area is 213 Å². The second kappa shape index (κ2) is 18.5. The van der Waals surface area contributed by atoms with E-state index in [9.17, 15) is 0 Å². The molecule has 0 bridgehead atoms. The molecule has 0 fully saturated rings. The predicted octanol–water partition coefficient (Wildman–Crippen LogP) is 3.13. The maximum Gasteiger partial charge on any atom is 0.183 e. The highest BCUT2D eigenvalue weighted by molar-refractivity contribution is 7.15. The van der Waals surface area contributed by atoms with Crippen LogP contribution in [0.1, 0.15) is 21.7 Å². The molecule has 0 aliphatic rings. The highest BCUT2D eigenvalue weighted by Crippen LogP contribution is 2.22. The molecule has 0 unspecified atom stereocenters. The smallest absolute Gasteiger partial charge is 0.183 e. The number of thiazole rings is 1. The molecule has 9 nitrogen and oxygen atoms in total. The van der Waals surface area contributed by atoms with Crippen LogP contribution in [-0.2, 0) is 30.2 Å². The van der Waals surface area contributed by atoms with Crippen molar-refractivity contribution in [2.45, 2.75) is 27.3 Å². The van der Waals surface area contributed by atoms with E-state index in [1.54, 1.807) is 11.3 Å². The minimum atomic E-state index is 0.534. The summed E-state index contributed by atoms with van der Waals surface area (Å²) >= 11 is 1.70. The van der Waals surface area contributed by atoms with E-state index in [0.29, 0.717) is 72.6 Å². The molecule has 0 aliphatic heterocycles. The van der Waals surface area contributed by atoms with Crippen molar-refractivity contribution in [3.8, 4) is 0 Å². The lowest BCUT2D eigenvalue weighted by molar-refractivity contribution is -0.00985. The van der Waals surface area contributed by atoms with Crippen molar-refractivity contribution in [3.05, 3.63) is 39.9 Å². The van der Waals surface area contributed by atoms with Crippen LogP contribution in [0.4, 0.5) is 10.8 Å². The van der Waals surface area contributed by atoms with Gasteiger partial charge in [0.05, 0.1) is 71.8 Å². The third-order valence-electron chi connectivity index (χ3n) is 5.13. The quantitative estimate of drug-likeness (QED) is 0.218. The van der Waals surface area contributed by atoms with Crippen molar-refractivity contribution in [3.63, 3.8) is 0 Å². The lowest BCUT2D eigenvalue weighted by Crippen LogP contribution is -2.15. The van der Waals surface area contributed by atoms with Gasteiger partial charge >= 0.3 is 0 Å². The van der Waals surface area contributed by atoms with Crippen molar-refractivity contribution < 1.29 is 23.7 Å². The monoisotopic (exact) mass is 510 g/mol. The summed E-state index contributed by atoms with van der Waals surface area (Å²) in [6.07, 6.45) is 0. The van der Waals surface area contributed by atoms with Crippen LogP contribution in [0.2, 0.25) is 0 Å². The van der Waals surface area contributed by atoms with Crippen LogP contribution in [0.3, 0.4) is 0 Å². The molecule has 2 rings (SSSR count). The van der Waals surface area contributed by atoms with Gasteiger partial charge in [-0.15, -0.1) is 11.3 Å². The first-order valence-electron chi connectivity index (χ1n) is 12.2. The van der Waals surface area contributed by atoms with Gasteiger partial charge in [-0.2, -0.15) is 0 Å². The SMILES string of the molecule is Cc1cc(NCCOCCOCCOCCOCCOCCN)ccc1CNc1nc(C)c(C)s1. The average Bonchev–Trinajstić information content (AvgIpc) is 3.17. The maximum atomic E-state index is 5.62. The number of rotatable bonds is 21. The molecule has 198 valence electrons. The third-order valence-corrected chi connectivity index (χ3v) is 6.16. The zero-order chi connectivity index (χ0) is 25.1. The number of aromatic nitrogens is 1. The van der Waals surface area contributed by atoms with Crippen LogP contribution < -0.4 is 16.4 Å². The van der Waals surface area contributed by atoms with E-state index in [1.165, 1.54) is 16.0 Å². The van der Waals surface area contributed by atoms with Crippen molar-refractivity contribution in [2.24, 2.45) is 5.73 Å². The van der Waals surface area contributed by atoms with Gasteiger partial charge in [-0.1, -0.05) is 6.07 Å². The van der Waals surface area contributed by atoms with Gasteiger partial charge in [-0.25, -0.2) is 4.98 Å². The largest absolute Gasteiger partial charge is 0.383 e. The fraction of sp³-hybridized carbons (Fsp3) is 0.640.